The number of carbonyl (C=O) groups is 1. The summed E-state index contributed by atoms with van der Waals surface area (Å²) >= 11 is 0. The largest absolute Gasteiger partial charge is 0.507 e. The van der Waals surface area contributed by atoms with Gasteiger partial charge in [0, 0.05) is 6.04 Å². The minimum absolute atomic E-state index is 0.0289. The third-order valence-corrected chi connectivity index (χ3v) is 4.44. The summed E-state index contributed by atoms with van der Waals surface area (Å²) in [5.74, 6) is -0.173. The summed E-state index contributed by atoms with van der Waals surface area (Å²) in [6.07, 6.45) is 0. The van der Waals surface area contributed by atoms with Gasteiger partial charge in [0.05, 0.1) is 5.56 Å². The Morgan fingerprint density at radius 2 is 1.71 bits per heavy atom. The smallest absolute Gasteiger partial charge is 0.255 e. The second kappa shape index (κ2) is 3.49. The Morgan fingerprint density at radius 1 is 1.18 bits per heavy atom. The van der Waals surface area contributed by atoms with Gasteiger partial charge < -0.3 is 10.4 Å². The molecule has 1 aromatic rings. The summed E-state index contributed by atoms with van der Waals surface area (Å²) in [7, 11) is 0. The first-order chi connectivity index (χ1) is 7.78. The minimum atomic E-state index is -0.202. The molecule has 0 unspecified atom stereocenters. The van der Waals surface area contributed by atoms with Crippen LogP contribution in [0.1, 0.15) is 38.1 Å². The number of phenolic OH excluding ortho intramolecular Hbond substituents is 1. The molecule has 0 radical (unpaired) electrons. The van der Waals surface area contributed by atoms with Gasteiger partial charge in [-0.25, -0.2) is 0 Å². The van der Waals surface area contributed by atoms with E-state index in [0.29, 0.717) is 5.56 Å². The van der Waals surface area contributed by atoms with Gasteiger partial charge >= 0.3 is 0 Å². The van der Waals surface area contributed by atoms with E-state index in [9.17, 15) is 9.90 Å². The lowest BCUT2D eigenvalue weighted by Gasteiger charge is -2.08. The minimum Gasteiger partial charge on any atom is -0.507 e. The van der Waals surface area contributed by atoms with Crippen molar-refractivity contribution in [1.29, 1.82) is 0 Å². The van der Waals surface area contributed by atoms with Crippen LogP contribution in [0.25, 0.3) is 0 Å². The van der Waals surface area contributed by atoms with Crippen LogP contribution in [0.5, 0.6) is 5.75 Å². The fourth-order valence-electron chi connectivity index (χ4n) is 2.43. The Balaban J connectivity index is 2.13. The Labute approximate surface area is 102 Å². The number of hydrogen-bond acceptors (Lipinski definition) is 2. The zero-order chi connectivity index (χ0) is 12.8. The molecule has 1 saturated carbocycles. The molecule has 92 valence electrons. The van der Waals surface area contributed by atoms with Crippen molar-refractivity contribution in [3.8, 4) is 5.75 Å². The Hall–Kier alpha value is -1.51. The van der Waals surface area contributed by atoms with Crippen LogP contribution < -0.4 is 5.32 Å². The monoisotopic (exact) mass is 233 g/mol. The summed E-state index contributed by atoms with van der Waals surface area (Å²) in [6, 6.07) is 6.77. The maximum Gasteiger partial charge on any atom is 0.255 e. The summed E-state index contributed by atoms with van der Waals surface area (Å²) in [4.78, 5) is 12.0. The third kappa shape index (κ3) is 1.70. The summed E-state index contributed by atoms with van der Waals surface area (Å²) in [6.45, 7) is 8.57. The molecule has 1 aliphatic rings. The SMILES string of the molecule is CC1(C)C(NC(=O)c2ccccc2O)C1(C)C. The van der Waals surface area contributed by atoms with Gasteiger partial charge in [-0.05, 0) is 23.0 Å². The summed E-state index contributed by atoms with van der Waals surface area (Å²) in [5.41, 5.74) is 0.547. The number of aromatic hydroxyl groups is 1. The number of rotatable bonds is 2. The topological polar surface area (TPSA) is 49.3 Å². The molecule has 0 saturated heterocycles. The average Bonchev–Trinajstić information content (AvgIpc) is 2.61. The van der Waals surface area contributed by atoms with Crippen LogP contribution in [0.15, 0.2) is 24.3 Å². The van der Waals surface area contributed by atoms with Crippen molar-refractivity contribution >= 4 is 5.91 Å². The molecule has 1 amide bonds. The number of amides is 1. The predicted molar refractivity (Wildman–Crippen MR) is 66.9 cm³/mol. The van der Waals surface area contributed by atoms with Gasteiger partial charge in [-0.3, -0.25) is 4.79 Å². The van der Waals surface area contributed by atoms with Crippen LogP contribution in [-0.4, -0.2) is 17.1 Å². The lowest BCUT2D eigenvalue weighted by Crippen LogP contribution is -2.29. The van der Waals surface area contributed by atoms with E-state index in [1.807, 2.05) is 0 Å². The highest BCUT2D eigenvalue weighted by Crippen LogP contribution is 2.62. The van der Waals surface area contributed by atoms with E-state index in [2.05, 4.69) is 33.0 Å². The molecule has 3 heteroatoms. The van der Waals surface area contributed by atoms with Crippen LogP contribution in [0.3, 0.4) is 0 Å². The molecule has 0 bridgehead atoms. The van der Waals surface area contributed by atoms with Gasteiger partial charge in [-0.15, -0.1) is 0 Å². The van der Waals surface area contributed by atoms with E-state index < -0.39 is 0 Å². The zero-order valence-electron chi connectivity index (χ0n) is 10.7. The summed E-state index contributed by atoms with van der Waals surface area (Å²) in [5, 5.41) is 12.6. The molecular formula is C14H19NO2. The van der Waals surface area contributed by atoms with Gasteiger partial charge in [0.1, 0.15) is 5.75 Å². The highest BCUT2D eigenvalue weighted by atomic mass is 16.3. The maximum atomic E-state index is 12.0. The van der Waals surface area contributed by atoms with Gasteiger partial charge in [0.25, 0.3) is 5.91 Å². The Bertz CT molecular complexity index is 449. The molecule has 1 aliphatic carbocycles. The third-order valence-electron chi connectivity index (χ3n) is 4.44. The average molecular weight is 233 g/mol. The van der Waals surface area contributed by atoms with E-state index in [0.717, 1.165) is 0 Å². The molecule has 0 aromatic heterocycles. The second-order valence-corrected chi connectivity index (χ2v) is 5.87. The summed E-state index contributed by atoms with van der Waals surface area (Å²) < 4.78 is 0. The maximum absolute atomic E-state index is 12.0. The molecule has 2 N–H and O–H groups in total. The number of phenols is 1. The molecule has 0 atom stereocenters. The quantitative estimate of drug-likeness (QED) is 0.824. The molecule has 0 aliphatic heterocycles. The van der Waals surface area contributed by atoms with Crippen LogP contribution in [-0.2, 0) is 0 Å². The van der Waals surface area contributed by atoms with Gasteiger partial charge in [-0.2, -0.15) is 0 Å². The first-order valence-corrected chi connectivity index (χ1v) is 5.87. The van der Waals surface area contributed by atoms with Crippen LogP contribution in [0.4, 0.5) is 0 Å². The number of carbonyl (C=O) groups excluding carboxylic acids is 1. The van der Waals surface area contributed by atoms with Crippen LogP contribution >= 0.6 is 0 Å². The van der Waals surface area contributed by atoms with Crippen LogP contribution in [0, 0.1) is 10.8 Å². The number of hydrogen-bond donors (Lipinski definition) is 2. The van der Waals surface area contributed by atoms with E-state index >= 15 is 0 Å². The van der Waals surface area contributed by atoms with Gasteiger partial charge in [0.15, 0.2) is 0 Å². The molecule has 1 fully saturated rings. The van der Waals surface area contributed by atoms with Crippen molar-refractivity contribution in [2.75, 3.05) is 0 Å². The lowest BCUT2D eigenvalue weighted by atomic mass is 10.0. The normalized spacial score (nSPS) is 20.9. The fraction of sp³-hybridized carbons (Fsp3) is 0.500. The second-order valence-electron chi connectivity index (χ2n) is 5.87. The predicted octanol–water partition coefficient (Wildman–Crippen LogP) is 2.56. The van der Waals surface area contributed by atoms with E-state index in [4.69, 9.17) is 0 Å². The first kappa shape index (κ1) is 12.0. The van der Waals surface area contributed by atoms with E-state index in [-0.39, 0.29) is 28.5 Å². The Kier molecular flexibility index (Phi) is 2.45. The standard InChI is InChI=1S/C14H19NO2/c1-13(2)12(14(13,3)4)15-11(17)9-7-5-6-8-10(9)16/h5-8,12,16H,1-4H3,(H,15,17). The van der Waals surface area contributed by atoms with Gasteiger partial charge in [0.2, 0.25) is 0 Å². The van der Waals surface area contributed by atoms with Crippen molar-refractivity contribution in [3.05, 3.63) is 29.8 Å². The van der Waals surface area contributed by atoms with Gasteiger partial charge in [-0.1, -0.05) is 39.8 Å². The molecular weight excluding hydrogens is 214 g/mol. The van der Waals surface area contributed by atoms with E-state index in [1.165, 1.54) is 6.07 Å². The lowest BCUT2D eigenvalue weighted by molar-refractivity contribution is 0.0941. The van der Waals surface area contributed by atoms with Crippen molar-refractivity contribution in [3.63, 3.8) is 0 Å². The molecule has 0 spiro atoms. The number of benzene rings is 1. The number of para-hydroxylation sites is 1. The fourth-order valence-corrected chi connectivity index (χ4v) is 2.43. The zero-order valence-corrected chi connectivity index (χ0v) is 10.7. The molecule has 17 heavy (non-hydrogen) atoms. The van der Waals surface area contributed by atoms with Crippen molar-refractivity contribution in [1.82, 2.24) is 5.32 Å². The van der Waals surface area contributed by atoms with Crippen molar-refractivity contribution in [2.24, 2.45) is 10.8 Å². The molecule has 2 rings (SSSR count). The van der Waals surface area contributed by atoms with Crippen molar-refractivity contribution in [2.45, 2.75) is 33.7 Å². The highest BCUT2D eigenvalue weighted by molar-refractivity contribution is 5.97. The first-order valence-electron chi connectivity index (χ1n) is 5.87. The molecule has 0 heterocycles. The number of nitrogens with one attached hydrogen (secondary N) is 1. The van der Waals surface area contributed by atoms with Crippen LogP contribution in [0.2, 0.25) is 0 Å². The van der Waals surface area contributed by atoms with E-state index in [1.54, 1.807) is 18.2 Å². The van der Waals surface area contributed by atoms with Crippen molar-refractivity contribution < 1.29 is 9.90 Å². The highest BCUT2D eigenvalue weighted by Gasteiger charge is 2.65. The molecule has 3 nitrogen and oxygen atoms in total. The molecule has 1 aromatic carbocycles. The Morgan fingerprint density at radius 3 is 2.18 bits per heavy atom.